The van der Waals surface area contributed by atoms with E-state index in [1.54, 1.807) is 11.3 Å². The van der Waals surface area contributed by atoms with Crippen LogP contribution in [0.3, 0.4) is 0 Å². The Kier molecular flexibility index (Phi) is 2.94. The predicted molar refractivity (Wildman–Crippen MR) is 66.2 cm³/mol. The molecule has 2 aromatic heterocycles. The number of rotatable bonds is 3. The van der Waals surface area contributed by atoms with Crippen LogP contribution in [-0.4, -0.2) is 26.5 Å². The van der Waals surface area contributed by atoms with E-state index in [4.69, 9.17) is 0 Å². The van der Waals surface area contributed by atoms with Gasteiger partial charge in [0.25, 0.3) is 0 Å². The highest BCUT2D eigenvalue weighted by Crippen LogP contribution is 2.26. The molecule has 3 heterocycles. The number of aliphatic hydroxyl groups excluding tert-OH is 1. The van der Waals surface area contributed by atoms with Crippen LogP contribution in [0.25, 0.3) is 0 Å². The third kappa shape index (κ3) is 2.00. The summed E-state index contributed by atoms with van der Waals surface area (Å²) in [6.07, 6.45) is 3.93. The molecule has 3 rings (SSSR count). The van der Waals surface area contributed by atoms with Gasteiger partial charge in [0, 0.05) is 17.7 Å². The maximum absolute atomic E-state index is 9.43. The number of hydrogen-bond donors (Lipinski definition) is 1. The fourth-order valence-electron chi connectivity index (χ4n) is 2.44. The van der Waals surface area contributed by atoms with Crippen molar-refractivity contribution in [1.82, 2.24) is 14.8 Å². The topological polar surface area (TPSA) is 50.9 Å². The molecule has 17 heavy (non-hydrogen) atoms. The van der Waals surface area contributed by atoms with Crippen LogP contribution in [0.15, 0.2) is 17.5 Å². The summed E-state index contributed by atoms with van der Waals surface area (Å²) in [4.78, 5) is 1.29. The predicted octanol–water partition coefficient (Wildman–Crippen LogP) is 1.80. The minimum absolute atomic E-state index is 0.170. The molecule has 0 aliphatic carbocycles. The summed E-state index contributed by atoms with van der Waals surface area (Å²) in [6, 6.07) is 4.34. The second-order valence-electron chi connectivity index (χ2n) is 4.39. The van der Waals surface area contributed by atoms with Gasteiger partial charge >= 0.3 is 0 Å². The highest BCUT2D eigenvalue weighted by Gasteiger charge is 2.23. The number of nitrogens with zero attached hydrogens (tertiary/aromatic N) is 3. The number of thiophene rings is 1. The third-order valence-corrected chi connectivity index (χ3v) is 4.14. The first-order chi connectivity index (χ1) is 8.38. The SMILES string of the molecule is OCC1CCCc2nnc(Cc3cccs3)n21. The fraction of sp³-hybridized carbons (Fsp3) is 0.500. The molecule has 0 bridgehead atoms. The molecule has 4 nitrogen and oxygen atoms in total. The van der Waals surface area contributed by atoms with Crippen molar-refractivity contribution in [3.05, 3.63) is 34.0 Å². The van der Waals surface area contributed by atoms with Crippen LogP contribution in [0, 0.1) is 0 Å². The lowest BCUT2D eigenvalue weighted by molar-refractivity contribution is 0.204. The van der Waals surface area contributed by atoms with E-state index in [1.165, 1.54) is 4.88 Å². The van der Waals surface area contributed by atoms with Gasteiger partial charge in [-0.25, -0.2) is 0 Å². The van der Waals surface area contributed by atoms with Gasteiger partial charge in [-0.2, -0.15) is 0 Å². The van der Waals surface area contributed by atoms with E-state index in [0.717, 1.165) is 37.3 Å². The van der Waals surface area contributed by atoms with Crippen molar-refractivity contribution < 1.29 is 5.11 Å². The first kappa shape index (κ1) is 10.9. The fourth-order valence-corrected chi connectivity index (χ4v) is 3.14. The number of aryl methyl sites for hydroxylation is 1. The van der Waals surface area contributed by atoms with E-state index in [1.807, 2.05) is 0 Å². The standard InChI is InChI=1S/C12H15N3OS/c16-8-9-3-1-5-11-13-14-12(15(9)11)7-10-4-2-6-17-10/h2,4,6,9,16H,1,3,5,7-8H2. The van der Waals surface area contributed by atoms with Crippen molar-refractivity contribution in [2.24, 2.45) is 0 Å². The molecule has 0 radical (unpaired) electrons. The molecule has 90 valence electrons. The zero-order chi connectivity index (χ0) is 11.7. The van der Waals surface area contributed by atoms with E-state index >= 15 is 0 Å². The van der Waals surface area contributed by atoms with Crippen LogP contribution in [0.5, 0.6) is 0 Å². The lowest BCUT2D eigenvalue weighted by Gasteiger charge is -2.24. The van der Waals surface area contributed by atoms with Crippen LogP contribution in [0.4, 0.5) is 0 Å². The Bertz CT molecular complexity index is 492. The molecule has 0 saturated carbocycles. The highest BCUT2D eigenvalue weighted by molar-refractivity contribution is 7.09. The first-order valence-electron chi connectivity index (χ1n) is 5.94. The molecule has 1 aliphatic rings. The summed E-state index contributed by atoms with van der Waals surface area (Å²) in [5.41, 5.74) is 0. The summed E-state index contributed by atoms with van der Waals surface area (Å²) in [5, 5.41) is 20.0. The normalized spacial score (nSPS) is 19.2. The molecule has 0 aromatic carbocycles. The third-order valence-electron chi connectivity index (χ3n) is 3.26. The molecule has 5 heteroatoms. The Morgan fingerprint density at radius 2 is 2.41 bits per heavy atom. The summed E-state index contributed by atoms with van der Waals surface area (Å²) >= 11 is 1.74. The Morgan fingerprint density at radius 3 is 3.18 bits per heavy atom. The number of aliphatic hydroxyl groups is 1. The Labute approximate surface area is 104 Å². The largest absolute Gasteiger partial charge is 0.394 e. The zero-order valence-electron chi connectivity index (χ0n) is 9.54. The lowest BCUT2D eigenvalue weighted by atomic mass is 10.0. The average Bonchev–Trinajstić information content (AvgIpc) is 2.99. The molecule has 0 amide bonds. The van der Waals surface area contributed by atoms with Crippen LogP contribution in [0.2, 0.25) is 0 Å². The molecule has 0 fully saturated rings. The highest BCUT2D eigenvalue weighted by atomic mass is 32.1. The molecule has 1 aliphatic heterocycles. The summed E-state index contributed by atoms with van der Waals surface area (Å²) < 4.78 is 2.14. The van der Waals surface area contributed by atoms with Gasteiger partial charge in [0.2, 0.25) is 0 Å². The van der Waals surface area contributed by atoms with Crippen molar-refractivity contribution >= 4 is 11.3 Å². The monoisotopic (exact) mass is 249 g/mol. The van der Waals surface area contributed by atoms with Gasteiger partial charge in [-0.3, -0.25) is 0 Å². The van der Waals surface area contributed by atoms with Gasteiger partial charge < -0.3 is 9.67 Å². The van der Waals surface area contributed by atoms with Crippen molar-refractivity contribution in [2.75, 3.05) is 6.61 Å². The van der Waals surface area contributed by atoms with Crippen molar-refractivity contribution in [3.63, 3.8) is 0 Å². The van der Waals surface area contributed by atoms with Gasteiger partial charge in [-0.1, -0.05) is 6.07 Å². The molecule has 1 N–H and O–H groups in total. The molecular weight excluding hydrogens is 234 g/mol. The van der Waals surface area contributed by atoms with Crippen LogP contribution in [0.1, 0.15) is 35.4 Å². The van der Waals surface area contributed by atoms with Gasteiger partial charge in [0.15, 0.2) is 0 Å². The van der Waals surface area contributed by atoms with Gasteiger partial charge in [0.1, 0.15) is 11.6 Å². The minimum Gasteiger partial charge on any atom is -0.394 e. The van der Waals surface area contributed by atoms with Gasteiger partial charge in [-0.15, -0.1) is 21.5 Å². The van der Waals surface area contributed by atoms with Crippen LogP contribution >= 0.6 is 11.3 Å². The van der Waals surface area contributed by atoms with Crippen LogP contribution < -0.4 is 0 Å². The number of aromatic nitrogens is 3. The summed E-state index contributed by atoms with van der Waals surface area (Å²) in [7, 11) is 0. The molecule has 0 spiro atoms. The number of hydrogen-bond acceptors (Lipinski definition) is 4. The Hall–Kier alpha value is -1.20. The summed E-state index contributed by atoms with van der Waals surface area (Å²) in [6.45, 7) is 0.183. The van der Waals surface area contributed by atoms with E-state index in [-0.39, 0.29) is 12.6 Å². The second-order valence-corrected chi connectivity index (χ2v) is 5.42. The van der Waals surface area contributed by atoms with Crippen molar-refractivity contribution in [1.29, 1.82) is 0 Å². The smallest absolute Gasteiger partial charge is 0.138 e. The zero-order valence-corrected chi connectivity index (χ0v) is 10.4. The van der Waals surface area contributed by atoms with Gasteiger partial charge in [-0.05, 0) is 24.3 Å². The maximum atomic E-state index is 9.43. The van der Waals surface area contributed by atoms with E-state index in [2.05, 4.69) is 32.3 Å². The van der Waals surface area contributed by atoms with E-state index in [0.29, 0.717) is 0 Å². The Balaban J connectivity index is 1.93. The number of fused-ring (bicyclic) bond motifs is 1. The minimum atomic E-state index is 0.170. The maximum Gasteiger partial charge on any atom is 0.138 e. The van der Waals surface area contributed by atoms with E-state index < -0.39 is 0 Å². The van der Waals surface area contributed by atoms with Crippen molar-refractivity contribution in [3.8, 4) is 0 Å². The van der Waals surface area contributed by atoms with Crippen molar-refractivity contribution in [2.45, 2.75) is 31.7 Å². The first-order valence-corrected chi connectivity index (χ1v) is 6.82. The molecule has 1 atom stereocenters. The second kappa shape index (κ2) is 4.58. The lowest BCUT2D eigenvalue weighted by Crippen LogP contribution is -2.22. The molecule has 2 aromatic rings. The van der Waals surface area contributed by atoms with E-state index in [9.17, 15) is 5.11 Å². The quantitative estimate of drug-likeness (QED) is 0.902. The Morgan fingerprint density at radius 1 is 1.47 bits per heavy atom. The molecule has 1 unspecified atom stereocenters. The summed E-state index contributed by atoms with van der Waals surface area (Å²) in [5.74, 6) is 2.02. The molecule has 0 saturated heterocycles. The molecular formula is C12H15N3OS. The average molecular weight is 249 g/mol. The van der Waals surface area contributed by atoms with Gasteiger partial charge in [0.05, 0.1) is 12.6 Å². The van der Waals surface area contributed by atoms with Crippen LogP contribution in [-0.2, 0) is 12.8 Å².